The Hall–Kier alpha value is -3.33. The average Bonchev–Trinajstić information content (AvgIpc) is 3.28. The van der Waals surface area contributed by atoms with Crippen molar-refractivity contribution in [3.05, 3.63) is 59.3 Å². The molecule has 0 spiro atoms. The number of allylic oxidation sites excluding steroid dienone is 1. The minimum absolute atomic E-state index is 0.146. The number of nitrogens with one attached hydrogen (secondary N) is 2. The second-order valence-electron chi connectivity index (χ2n) is 6.95. The third-order valence-electron chi connectivity index (χ3n) is 4.71. The maximum Gasteiger partial charge on any atom is 0.233 e. The van der Waals surface area contributed by atoms with E-state index in [0.29, 0.717) is 36.5 Å². The topological polar surface area (TPSA) is 103 Å². The molecule has 0 aliphatic carbocycles. The number of aromatic amines is 1. The van der Waals surface area contributed by atoms with E-state index in [1.165, 1.54) is 12.1 Å². The van der Waals surface area contributed by atoms with E-state index in [4.69, 9.17) is 0 Å². The summed E-state index contributed by atoms with van der Waals surface area (Å²) in [5, 5.41) is 20.4. The molecule has 1 fully saturated rings. The van der Waals surface area contributed by atoms with Gasteiger partial charge in [0.15, 0.2) is 5.82 Å². The number of nitrogens with zero attached hydrogens (tertiary/aromatic N) is 5. The van der Waals surface area contributed by atoms with Crippen molar-refractivity contribution >= 4 is 23.8 Å². The van der Waals surface area contributed by atoms with Crippen LogP contribution in [0.2, 0.25) is 0 Å². The van der Waals surface area contributed by atoms with Crippen LogP contribution in [0.4, 0.5) is 22.1 Å². The summed E-state index contributed by atoms with van der Waals surface area (Å²) >= 11 is 0. The van der Waals surface area contributed by atoms with Crippen LogP contribution in [0.25, 0.3) is 6.08 Å². The predicted molar refractivity (Wildman–Crippen MR) is 108 cm³/mol. The Kier molecular flexibility index (Phi) is 5.22. The zero-order chi connectivity index (χ0) is 20.4. The van der Waals surface area contributed by atoms with Gasteiger partial charge in [-0.3, -0.25) is 5.10 Å². The summed E-state index contributed by atoms with van der Waals surface area (Å²) in [5.74, 6) is 1.66. The zero-order valence-corrected chi connectivity index (χ0v) is 16.2. The lowest BCUT2D eigenvalue weighted by molar-refractivity contribution is 0.194. The van der Waals surface area contributed by atoms with Crippen molar-refractivity contribution in [2.45, 2.75) is 32.4 Å². The average molecular weight is 395 g/mol. The van der Waals surface area contributed by atoms with Crippen LogP contribution in [0.1, 0.15) is 36.5 Å². The van der Waals surface area contributed by atoms with Crippen molar-refractivity contribution in [1.82, 2.24) is 25.1 Å². The summed E-state index contributed by atoms with van der Waals surface area (Å²) < 4.78 is 13.3. The molecule has 3 heterocycles. The lowest BCUT2D eigenvalue weighted by atomic mass is 10.0. The Balaban J connectivity index is 1.62. The first-order chi connectivity index (χ1) is 14.0. The summed E-state index contributed by atoms with van der Waals surface area (Å²) in [6.45, 7) is 4.10. The van der Waals surface area contributed by atoms with Crippen LogP contribution in [0.3, 0.4) is 0 Å². The lowest BCUT2D eigenvalue weighted by Gasteiger charge is -2.25. The Morgan fingerprint density at radius 2 is 2.03 bits per heavy atom. The quantitative estimate of drug-likeness (QED) is 0.610. The number of aliphatic hydroxyl groups excluding tert-OH is 1. The molecule has 0 radical (unpaired) electrons. The Labute approximate surface area is 167 Å². The van der Waals surface area contributed by atoms with Crippen molar-refractivity contribution in [1.29, 1.82) is 0 Å². The molecular formula is C20H22FN7O. The van der Waals surface area contributed by atoms with E-state index in [0.717, 1.165) is 11.3 Å². The molecule has 29 heavy (non-hydrogen) atoms. The summed E-state index contributed by atoms with van der Waals surface area (Å²) in [6, 6.07) is 8.00. The minimum Gasteiger partial charge on any atom is -0.391 e. The largest absolute Gasteiger partial charge is 0.391 e. The number of benzene rings is 1. The Morgan fingerprint density at radius 1 is 1.24 bits per heavy atom. The smallest absolute Gasteiger partial charge is 0.233 e. The minimum atomic E-state index is -0.520. The van der Waals surface area contributed by atoms with Crippen LogP contribution in [0.5, 0.6) is 0 Å². The number of rotatable bonds is 5. The first-order valence-electron chi connectivity index (χ1n) is 9.40. The highest BCUT2D eigenvalue weighted by molar-refractivity contribution is 5.55. The number of aromatic nitrogens is 5. The number of aryl methyl sites for hydroxylation is 1. The molecule has 2 unspecified atom stereocenters. The Bertz CT molecular complexity index is 1020. The van der Waals surface area contributed by atoms with Gasteiger partial charge < -0.3 is 15.3 Å². The van der Waals surface area contributed by atoms with Gasteiger partial charge in [0.25, 0.3) is 0 Å². The van der Waals surface area contributed by atoms with E-state index >= 15 is 0 Å². The van der Waals surface area contributed by atoms with Gasteiger partial charge >= 0.3 is 0 Å². The van der Waals surface area contributed by atoms with Gasteiger partial charge in [0.2, 0.25) is 11.9 Å². The van der Waals surface area contributed by atoms with Gasteiger partial charge in [0.1, 0.15) is 11.6 Å². The molecule has 2 atom stereocenters. The molecule has 2 aromatic heterocycles. The first kappa shape index (κ1) is 19.0. The van der Waals surface area contributed by atoms with E-state index < -0.39 is 6.10 Å². The molecule has 3 N–H and O–H groups in total. The monoisotopic (exact) mass is 395 g/mol. The van der Waals surface area contributed by atoms with Crippen molar-refractivity contribution < 1.29 is 9.50 Å². The Morgan fingerprint density at radius 3 is 2.79 bits per heavy atom. The number of β-amino-alcohol motifs (C(OH)–C–C–N with tert-alkyl or cyclic N) is 1. The molecule has 150 valence electrons. The molecule has 0 amide bonds. The number of aliphatic hydroxyl groups is 1. The summed E-state index contributed by atoms with van der Waals surface area (Å²) in [4.78, 5) is 15.3. The van der Waals surface area contributed by atoms with Gasteiger partial charge in [-0.15, -0.1) is 0 Å². The number of halogens is 1. The van der Waals surface area contributed by atoms with Gasteiger partial charge in [-0.2, -0.15) is 20.1 Å². The van der Waals surface area contributed by atoms with Crippen LogP contribution in [-0.4, -0.2) is 42.9 Å². The van der Waals surface area contributed by atoms with Gasteiger partial charge in [-0.1, -0.05) is 18.2 Å². The molecule has 8 nitrogen and oxygen atoms in total. The second kappa shape index (κ2) is 7.96. The van der Waals surface area contributed by atoms with Gasteiger partial charge in [-0.25, -0.2) is 4.39 Å². The molecule has 0 saturated carbocycles. The molecule has 3 aromatic rings. The predicted octanol–water partition coefficient (Wildman–Crippen LogP) is 3.13. The van der Waals surface area contributed by atoms with Crippen LogP contribution in [0, 0.1) is 12.7 Å². The second-order valence-corrected chi connectivity index (χ2v) is 6.95. The third-order valence-corrected chi connectivity index (χ3v) is 4.71. The fourth-order valence-electron chi connectivity index (χ4n) is 3.47. The van der Waals surface area contributed by atoms with Gasteiger partial charge in [0, 0.05) is 12.6 Å². The van der Waals surface area contributed by atoms with E-state index in [1.54, 1.807) is 19.1 Å². The first-order valence-corrected chi connectivity index (χ1v) is 9.40. The molecule has 1 aliphatic rings. The number of hydrogen-bond acceptors (Lipinski definition) is 7. The highest BCUT2D eigenvalue weighted by Gasteiger charge is 2.34. The van der Waals surface area contributed by atoms with Crippen molar-refractivity contribution in [3.8, 4) is 0 Å². The lowest BCUT2D eigenvalue weighted by Crippen LogP contribution is -2.27. The number of hydrogen-bond donors (Lipinski definition) is 3. The van der Waals surface area contributed by atoms with E-state index in [-0.39, 0.29) is 11.9 Å². The number of H-pyrrole nitrogens is 1. The van der Waals surface area contributed by atoms with Crippen LogP contribution in [-0.2, 0) is 0 Å². The highest BCUT2D eigenvalue weighted by Crippen LogP contribution is 2.35. The maximum absolute atomic E-state index is 13.3. The maximum atomic E-state index is 13.3. The van der Waals surface area contributed by atoms with Crippen molar-refractivity contribution in [2.24, 2.45) is 0 Å². The van der Waals surface area contributed by atoms with Crippen molar-refractivity contribution in [2.75, 3.05) is 16.8 Å². The highest BCUT2D eigenvalue weighted by atomic mass is 19.1. The zero-order valence-electron chi connectivity index (χ0n) is 16.2. The van der Waals surface area contributed by atoms with E-state index in [2.05, 4.69) is 30.5 Å². The van der Waals surface area contributed by atoms with Gasteiger partial charge in [0.05, 0.1) is 17.8 Å². The SMILES string of the molecule is C/C=C/c1cc(Nc2nc(C)nc(N3CC(O)CC3c3ccc(F)cc3)n2)n[nH]1. The molecule has 0 bridgehead atoms. The summed E-state index contributed by atoms with van der Waals surface area (Å²) in [6.07, 6.45) is 3.82. The van der Waals surface area contributed by atoms with E-state index in [1.807, 2.05) is 30.0 Å². The molecule has 9 heteroatoms. The standard InChI is InChI=1S/C20H22FN7O/c1-3-4-15-9-18(27-26-15)24-19-22-12(2)23-20(25-19)28-11-16(29)10-17(28)13-5-7-14(21)8-6-13/h3-9,16-17,29H,10-11H2,1-2H3,(H2,22,23,24,25,26,27)/b4-3+. The molecule has 1 saturated heterocycles. The molecule has 1 aliphatic heterocycles. The molecular weight excluding hydrogens is 373 g/mol. The van der Waals surface area contributed by atoms with Gasteiger partial charge in [-0.05, 0) is 44.0 Å². The van der Waals surface area contributed by atoms with E-state index in [9.17, 15) is 9.50 Å². The van der Waals surface area contributed by atoms with Crippen LogP contribution < -0.4 is 10.2 Å². The molecule has 4 rings (SSSR count). The van der Waals surface area contributed by atoms with Crippen molar-refractivity contribution in [3.63, 3.8) is 0 Å². The van der Waals surface area contributed by atoms with Crippen LogP contribution >= 0.6 is 0 Å². The fraction of sp³-hybridized carbons (Fsp3) is 0.300. The molecule has 1 aromatic carbocycles. The third kappa shape index (κ3) is 4.24. The summed E-state index contributed by atoms with van der Waals surface area (Å²) in [5.41, 5.74) is 1.76. The number of anilines is 3. The normalized spacial score (nSPS) is 19.2. The summed E-state index contributed by atoms with van der Waals surface area (Å²) in [7, 11) is 0. The van der Waals surface area contributed by atoms with Crippen LogP contribution in [0.15, 0.2) is 36.4 Å². The fourth-order valence-corrected chi connectivity index (χ4v) is 3.47.